The maximum absolute atomic E-state index is 6.78. The third-order valence-corrected chi connectivity index (χ3v) is 9.81. The molecule has 2 atom stereocenters. The van der Waals surface area contributed by atoms with E-state index in [9.17, 15) is 0 Å². The van der Waals surface area contributed by atoms with Crippen molar-refractivity contribution in [3.63, 3.8) is 0 Å². The summed E-state index contributed by atoms with van der Waals surface area (Å²) in [7, 11) is 0. The molecule has 0 radical (unpaired) electrons. The highest BCUT2D eigenvalue weighted by Gasteiger charge is 2.29. The SMILES string of the molecule is Clc1cc(-c2cc(C3N=C(c4ccccc4)NC(c4cccc5oc6ccccc6c45)N3)cc3ccccc23)c2c(c1)oc1ccccc12. The van der Waals surface area contributed by atoms with E-state index in [1.54, 1.807) is 0 Å². The third kappa shape index (κ3) is 4.62. The molecule has 49 heavy (non-hydrogen) atoms. The van der Waals surface area contributed by atoms with Gasteiger partial charge in [-0.15, -0.1) is 0 Å². The molecule has 0 aliphatic carbocycles. The average Bonchev–Trinajstić information content (AvgIpc) is 3.72. The highest BCUT2D eigenvalue weighted by atomic mass is 35.5. The molecule has 1 aliphatic heterocycles. The molecular formula is C43H28ClN3O2. The number of fused-ring (bicyclic) bond motifs is 7. The molecule has 3 heterocycles. The molecule has 0 saturated carbocycles. The first-order valence-electron chi connectivity index (χ1n) is 16.4. The van der Waals surface area contributed by atoms with Crippen LogP contribution < -0.4 is 10.6 Å². The minimum atomic E-state index is -0.367. The molecule has 2 unspecified atom stereocenters. The Kier molecular flexibility index (Phi) is 6.38. The quantitative estimate of drug-likeness (QED) is 0.198. The van der Waals surface area contributed by atoms with Crippen LogP contribution in [0.4, 0.5) is 0 Å². The van der Waals surface area contributed by atoms with Crippen LogP contribution in [0.5, 0.6) is 0 Å². The molecule has 5 nitrogen and oxygen atoms in total. The van der Waals surface area contributed by atoms with E-state index in [-0.39, 0.29) is 12.3 Å². The number of amidine groups is 1. The Bertz CT molecular complexity index is 2760. The molecule has 10 rings (SSSR count). The zero-order valence-corrected chi connectivity index (χ0v) is 26.9. The largest absolute Gasteiger partial charge is 0.456 e. The maximum Gasteiger partial charge on any atom is 0.137 e. The lowest BCUT2D eigenvalue weighted by Crippen LogP contribution is -2.45. The fourth-order valence-corrected chi connectivity index (χ4v) is 7.63. The van der Waals surface area contributed by atoms with E-state index in [2.05, 4.69) is 95.6 Å². The van der Waals surface area contributed by atoms with Crippen LogP contribution in [0.25, 0.3) is 65.8 Å². The number of nitrogens with zero attached hydrogens (tertiary/aromatic N) is 1. The van der Waals surface area contributed by atoms with Crippen molar-refractivity contribution in [3.8, 4) is 11.1 Å². The molecule has 0 saturated heterocycles. The number of para-hydroxylation sites is 2. The van der Waals surface area contributed by atoms with Gasteiger partial charge in [0.25, 0.3) is 0 Å². The van der Waals surface area contributed by atoms with Crippen molar-refractivity contribution in [2.45, 2.75) is 12.3 Å². The van der Waals surface area contributed by atoms with Crippen LogP contribution in [0.2, 0.25) is 5.02 Å². The average molecular weight is 654 g/mol. The number of rotatable bonds is 4. The Morgan fingerprint density at radius 1 is 0.551 bits per heavy atom. The summed E-state index contributed by atoms with van der Waals surface area (Å²) in [5.41, 5.74) is 8.58. The monoisotopic (exact) mass is 653 g/mol. The van der Waals surface area contributed by atoms with Crippen LogP contribution in [0.15, 0.2) is 159 Å². The van der Waals surface area contributed by atoms with Gasteiger partial charge in [0.05, 0.1) is 0 Å². The van der Waals surface area contributed by atoms with Crippen LogP contribution in [0.3, 0.4) is 0 Å². The van der Waals surface area contributed by atoms with Crippen molar-refractivity contribution in [1.29, 1.82) is 0 Å². The first-order chi connectivity index (χ1) is 24.2. The fraction of sp³-hybridized carbons (Fsp3) is 0.0465. The third-order valence-electron chi connectivity index (χ3n) is 9.59. The predicted molar refractivity (Wildman–Crippen MR) is 200 cm³/mol. The van der Waals surface area contributed by atoms with Crippen molar-refractivity contribution < 1.29 is 8.83 Å². The Morgan fingerprint density at radius 3 is 2.04 bits per heavy atom. The van der Waals surface area contributed by atoms with Gasteiger partial charge in [-0.2, -0.15) is 0 Å². The van der Waals surface area contributed by atoms with Crippen molar-refractivity contribution >= 4 is 72.1 Å². The summed E-state index contributed by atoms with van der Waals surface area (Å²) < 4.78 is 12.6. The molecule has 9 aromatic rings. The maximum atomic E-state index is 6.78. The molecule has 0 bridgehead atoms. The zero-order chi connectivity index (χ0) is 32.5. The Hall–Kier alpha value is -5.88. The van der Waals surface area contributed by atoms with E-state index < -0.39 is 0 Å². The minimum Gasteiger partial charge on any atom is -0.456 e. The second kappa shape index (κ2) is 11.1. The van der Waals surface area contributed by atoms with Gasteiger partial charge in [-0.05, 0) is 63.9 Å². The Morgan fingerprint density at radius 2 is 1.22 bits per heavy atom. The molecule has 234 valence electrons. The van der Waals surface area contributed by atoms with Gasteiger partial charge in [0, 0.05) is 43.8 Å². The summed E-state index contributed by atoms with van der Waals surface area (Å²) in [5, 5.41) is 14.7. The number of halogens is 1. The highest BCUT2D eigenvalue weighted by molar-refractivity contribution is 6.32. The molecule has 0 amide bonds. The molecule has 1 aliphatic rings. The van der Waals surface area contributed by atoms with Crippen molar-refractivity contribution in [1.82, 2.24) is 10.6 Å². The second-order valence-electron chi connectivity index (χ2n) is 12.5. The van der Waals surface area contributed by atoms with E-state index in [4.69, 9.17) is 25.4 Å². The van der Waals surface area contributed by atoms with E-state index in [1.807, 2.05) is 60.7 Å². The van der Waals surface area contributed by atoms with E-state index in [1.165, 1.54) is 0 Å². The van der Waals surface area contributed by atoms with E-state index in [0.717, 1.165) is 88.3 Å². The summed E-state index contributed by atoms with van der Waals surface area (Å²) in [5.74, 6) is 0.819. The van der Waals surface area contributed by atoms with Crippen LogP contribution in [0, 0.1) is 0 Å². The first kappa shape index (κ1) is 28.2. The lowest BCUT2D eigenvalue weighted by molar-refractivity contribution is 0.411. The second-order valence-corrected chi connectivity index (χ2v) is 13.0. The normalized spacial score (nSPS) is 16.5. The molecule has 6 heteroatoms. The lowest BCUT2D eigenvalue weighted by atomic mass is 9.91. The smallest absolute Gasteiger partial charge is 0.137 e. The molecule has 2 N–H and O–H groups in total. The van der Waals surface area contributed by atoms with Crippen molar-refractivity contribution in [2.75, 3.05) is 0 Å². The van der Waals surface area contributed by atoms with Crippen LogP contribution in [-0.2, 0) is 0 Å². The van der Waals surface area contributed by atoms with Crippen molar-refractivity contribution in [3.05, 3.63) is 167 Å². The molecule has 7 aromatic carbocycles. The van der Waals surface area contributed by atoms with Crippen molar-refractivity contribution in [2.24, 2.45) is 4.99 Å². The standard InChI is InChI=1S/C43H28ClN3O2/c44-28-23-34(40-31-16-7-9-19-36(31)49-38(40)24-28)33-22-27(21-26-13-4-5-14-29(26)33)42-45-41(25-11-2-1-3-12-25)46-43(47-42)32-17-10-20-37-39(32)30-15-6-8-18-35(30)48-37/h1-24,42-43,47H,(H,45,46). The summed E-state index contributed by atoms with van der Waals surface area (Å²) in [6.45, 7) is 0. The van der Waals surface area contributed by atoms with E-state index in [0.29, 0.717) is 5.02 Å². The zero-order valence-electron chi connectivity index (χ0n) is 26.2. The minimum absolute atomic E-state index is 0.256. The number of nitrogens with one attached hydrogen (secondary N) is 2. The summed E-state index contributed by atoms with van der Waals surface area (Å²) in [4.78, 5) is 5.32. The van der Waals surface area contributed by atoms with E-state index >= 15 is 0 Å². The fourth-order valence-electron chi connectivity index (χ4n) is 7.42. The summed E-state index contributed by atoms with van der Waals surface area (Å²) in [6, 6.07) is 49.9. The highest BCUT2D eigenvalue weighted by Crippen LogP contribution is 2.43. The lowest BCUT2D eigenvalue weighted by Gasteiger charge is -2.33. The van der Waals surface area contributed by atoms with Gasteiger partial charge in [0.1, 0.15) is 40.5 Å². The van der Waals surface area contributed by atoms with Crippen LogP contribution >= 0.6 is 11.6 Å². The van der Waals surface area contributed by atoms with Gasteiger partial charge in [-0.3, -0.25) is 5.32 Å². The Balaban J connectivity index is 1.19. The number of benzene rings is 7. The number of aliphatic imine (C=N–C) groups is 1. The first-order valence-corrected chi connectivity index (χ1v) is 16.8. The number of furan rings is 2. The van der Waals surface area contributed by atoms with Gasteiger partial charge >= 0.3 is 0 Å². The van der Waals surface area contributed by atoms with Crippen LogP contribution in [0.1, 0.15) is 29.0 Å². The van der Waals surface area contributed by atoms with Gasteiger partial charge in [0.2, 0.25) is 0 Å². The summed E-state index contributed by atoms with van der Waals surface area (Å²) >= 11 is 6.78. The van der Waals surface area contributed by atoms with Gasteiger partial charge in [-0.25, -0.2) is 4.99 Å². The van der Waals surface area contributed by atoms with Gasteiger partial charge < -0.3 is 14.2 Å². The topological polar surface area (TPSA) is 62.7 Å². The van der Waals surface area contributed by atoms with Crippen LogP contribution in [-0.4, -0.2) is 5.84 Å². The Labute approximate surface area is 286 Å². The molecule has 0 fully saturated rings. The number of hydrogen-bond acceptors (Lipinski definition) is 5. The molecular weight excluding hydrogens is 626 g/mol. The molecule has 0 spiro atoms. The predicted octanol–water partition coefficient (Wildman–Crippen LogP) is 11.3. The molecule has 2 aromatic heterocycles. The number of hydrogen-bond donors (Lipinski definition) is 2. The summed E-state index contributed by atoms with van der Waals surface area (Å²) in [6.07, 6.45) is -0.623. The van der Waals surface area contributed by atoms with Gasteiger partial charge in [0.15, 0.2) is 0 Å². The van der Waals surface area contributed by atoms with Gasteiger partial charge in [-0.1, -0.05) is 115 Å².